The number of unbranched alkanes of at least 4 members (excludes halogenated alkanes) is 1. The van der Waals surface area contributed by atoms with Crippen molar-refractivity contribution >= 4 is 11.6 Å². The normalized spacial score (nSPS) is 10.8. The van der Waals surface area contributed by atoms with Crippen LogP contribution in [0.3, 0.4) is 0 Å². The number of aryl methyl sites for hydroxylation is 2. The third-order valence-corrected chi connectivity index (χ3v) is 4.12. The molecule has 0 spiro atoms. The molecule has 0 saturated heterocycles. The summed E-state index contributed by atoms with van der Waals surface area (Å²) >= 11 is 6.12. The molecule has 3 rings (SSSR count). The van der Waals surface area contributed by atoms with Crippen molar-refractivity contribution in [1.29, 1.82) is 0 Å². The predicted molar refractivity (Wildman–Crippen MR) is 99.1 cm³/mol. The monoisotopic (exact) mass is 337 g/mol. The zero-order valence-corrected chi connectivity index (χ0v) is 14.7. The van der Waals surface area contributed by atoms with E-state index in [1.54, 1.807) is 0 Å². The van der Waals surface area contributed by atoms with Crippen molar-refractivity contribution in [2.24, 2.45) is 0 Å². The lowest BCUT2D eigenvalue weighted by Gasteiger charge is -2.06. The van der Waals surface area contributed by atoms with Crippen LogP contribution in [0.5, 0.6) is 0 Å². The van der Waals surface area contributed by atoms with E-state index in [9.17, 15) is 0 Å². The first kappa shape index (κ1) is 16.6. The molecule has 3 aromatic rings. The minimum absolute atomic E-state index is 0.214. The number of nitrogens with zero attached hydrogens (tertiary/aromatic N) is 3. The molecule has 2 aromatic carbocycles. The number of hydrogen-bond acceptors (Lipinski definition) is 3. The Morgan fingerprint density at radius 3 is 1.88 bits per heavy atom. The van der Waals surface area contributed by atoms with Crippen LogP contribution in [-0.2, 0) is 6.42 Å². The van der Waals surface area contributed by atoms with Crippen LogP contribution in [0.1, 0.15) is 30.9 Å². The van der Waals surface area contributed by atoms with Gasteiger partial charge in [-0.3, -0.25) is 0 Å². The van der Waals surface area contributed by atoms with Crippen LogP contribution in [0.15, 0.2) is 48.5 Å². The molecule has 0 N–H and O–H groups in total. The quantitative estimate of drug-likeness (QED) is 0.616. The Hall–Kier alpha value is -2.26. The van der Waals surface area contributed by atoms with Gasteiger partial charge in [-0.25, -0.2) is 4.98 Å². The fraction of sp³-hybridized carbons (Fsp3) is 0.250. The molecule has 1 aromatic heterocycles. The number of hydrogen-bond donors (Lipinski definition) is 0. The molecule has 0 bridgehead atoms. The van der Waals surface area contributed by atoms with Crippen molar-refractivity contribution in [2.45, 2.75) is 33.1 Å². The van der Waals surface area contributed by atoms with Crippen LogP contribution in [0.2, 0.25) is 5.28 Å². The minimum atomic E-state index is 0.214. The van der Waals surface area contributed by atoms with Crippen molar-refractivity contribution in [3.05, 3.63) is 64.9 Å². The number of aromatic nitrogens is 3. The number of rotatable bonds is 5. The van der Waals surface area contributed by atoms with Gasteiger partial charge in [0.15, 0.2) is 11.6 Å². The summed E-state index contributed by atoms with van der Waals surface area (Å²) in [5.74, 6) is 1.20. The molecule has 0 fully saturated rings. The smallest absolute Gasteiger partial charge is 0.208 e. The second kappa shape index (κ2) is 7.54. The van der Waals surface area contributed by atoms with E-state index >= 15 is 0 Å². The van der Waals surface area contributed by atoms with Crippen molar-refractivity contribution in [3.8, 4) is 22.8 Å². The summed E-state index contributed by atoms with van der Waals surface area (Å²) in [5.41, 5.74) is 4.42. The molecule has 0 saturated carbocycles. The van der Waals surface area contributed by atoms with Gasteiger partial charge in [0, 0.05) is 11.1 Å². The maximum absolute atomic E-state index is 6.12. The van der Waals surface area contributed by atoms with Gasteiger partial charge in [-0.15, -0.1) is 0 Å². The second-order valence-corrected chi connectivity index (χ2v) is 6.26. The van der Waals surface area contributed by atoms with Gasteiger partial charge in [0.2, 0.25) is 5.28 Å². The Bertz CT molecular complexity index is 811. The zero-order valence-electron chi connectivity index (χ0n) is 14.0. The van der Waals surface area contributed by atoms with Gasteiger partial charge in [0.25, 0.3) is 0 Å². The lowest BCUT2D eigenvalue weighted by molar-refractivity contribution is 0.795. The minimum Gasteiger partial charge on any atom is -0.208 e. The molecule has 3 nitrogen and oxygen atoms in total. The molecule has 0 atom stereocenters. The third-order valence-electron chi connectivity index (χ3n) is 3.95. The van der Waals surface area contributed by atoms with E-state index in [-0.39, 0.29) is 5.28 Å². The van der Waals surface area contributed by atoms with E-state index in [2.05, 4.69) is 53.1 Å². The van der Waals surface area contributed by atoms with Gasteiger partial charge in [0.05, 0.1) is 0 Å². The molecule has 0 aliphatic rings. The van der Waals surface area contributed by atoms with Crippen molar-refractivity contribution in [1.82, 2.24) is 15.0 Å². The molecule has 0 unspecified atom stereocenters. The Balaban J connectivity index is 1.92. The van der Waals surface area contributed by atoms with Gasteiger partial charge in [-0.05, 0) is 36.9 Å². The summed E-state index contributed by atoms with van der Waals surface area (Å²) in [5, 5.41) is 0.214. The first-order valence-corrected chi connectivity index (χ1v) is 8.61. The fourth-order valence-electron chi connectivity index (χ4n) is 2.51. The van der Waals surface area contributed by atoms with Crippen molar-refractivity contribution < 1.29 is 0 Å². The second-order valence-electron chi connectivity index (χ2n) is 5.92. The molecule has 0 radical (unpaired) electrons. The number of halogens is 1. The van der Waals surface area contributed by atoms with Crippen LogP contribution in [0, 0.1) is 6.92 Å². The van der Waals surface area contributed by atoms with Crippen LogP contribution in [-0.4, -0.2) is 15.0 Å². The molecular weight excluding hydrogens is 318 g/mol. The average Bonchev–Trinajstić information content (AvgIpc) is 2.60. The van der Waals surface area contributed by atoms with E-state index in [1.165, 1.54) is 24.0 Å². The summed E-state index contributed by atoms with van der Waals surface area (Å²) < 4.78 is 0. The average molecular weight is 338 g/mol. The number of benzene rings is 2. The van der Waals surface area contributed by atoms with Crippen LogP contribution in [0.4, 0.5) is 0 Å². The molecule has 1 heterocycles. The van der Waals surface area contributed by atoms with Gasteiger partial charge in [0.1, 0.15) is 0 Å². The highest BCUT2D eigenvalue weighted by atomic mass is 35.5. The molecule has 122 valence electrons. The van der Waals surface area contributed by atoms with Gasteiger partial charge in [-0.1, -0.05) is 67.4 Å². The standard InChI is InChI=1S/C20H20ClN3/c1-3-4-5-15-8-12-17(13-9-15)19-22-18(23-20(21)24-19)16-10-6-14(2)7-11-16/h6-13H,3-5H2,1-2H3. The largest absolute Gasteiger partial charge is 0.226 e. The predicted octanol–water partition coefficient (Wildman–Crippen LogP) is 5.51. The summed E-state index contributed by atoms with van der Waals surface area (Å²) in [6, 6.07) is 16.4. The van der Waals surface area contributed by atoms with Crippen LogP contribution < -0.4 is 0 Å². The summed E-state index contributed by atoms with van der Waals surface area (Å²) in [6.45, 7) is 4.25. The molecular formula is C20H20ClN3. The molecule has 0 aliphatic heterocycles. The Kier molecular flexibility index (Phi) is 5.21. The van der Waals surface area contributed by atoms with E-state index in [0.717, 1.165) is 17.5 Å². The Morgan fingerprint density at radius 1 is 0.792 bits per heavy atom. The van der Waals surface area contributed by atoms with E-state index < -0.39 is 0 Å². The van der Waals surface area contributed by atoms with Gasteiger partial charge < -0.3 is 0 Å². The first-order chi connectivity index (χ1) is 11.7. The molecule has 0 amide bonds. The molecule has 24 heavy (non-hydrogen) atoms. The van der Waals surface area contributed by atoms with Crippen molar-refractivity contribution in [2.75, 3.05) is 0 Å². The highest BCUT2D eigenvalue weighted by molar-refractivity contribution is 6.28. The van der Waals surface area contributed by atoms with Crippen LogP contribution in [0.25, 0.3) is 22.8 Å². The lowest BCUT2D eigenvalue weighted by atomic mass is 10.1. The first-order valence-electron chi connectivity index (χ1n) is 8.23. The van der Waals surface area contributed by atoms with E-state index in [1.807, 2.05) is 24.3 Å². The highest BCUT2D eigenvalue weighted by Crippen LogP contribution is 2.22. The summed E-state index contributed by atoms with van der Waals surface area (Å²) in [7, 11) is 0. The lowest BCUT2D eigenvalue weighted by Crippen LogP contribution is -1.97. The maximum Gasteiger partial charge on any atom is 0.226 e. The topological polar surface area (TPSA) is 38.7 Å². The Labute approximate surface area is 147 Å². The Morgan fingerprint density at radius 2 is 1.33 bits per heavy atom. The third kappa shape index (κ3) is 3.98. The zero-order chi connectivity index (χ0) is 16.9. The van der Waals surface area contributed by atoms with Crippen molar-refractivity contribution in [3.63, 3.8) is 0 Å². The molecule has 0 aliphatic carbocycles. The summed E-state index contributed by atoms with van der Waals surface area (Å²) in [6.07, 6.45) is 3.50. The SMILES string of the molecule is CCCCc1ccc(-c2nc(Cl)nc(-c3ccc(C)cc3)n2)cc1. The fourth-order valence-corrected chi connectivity index (χ4v) is 2.67. The maximum atomic E-state index is 6.12. The summed E-state index contributed by atoms with van der Waals surface area (Å²) in [4.78, 5) is 13.1. The highest BCUT2D eigenvalue weighted by Gasteiger charge is 2.09. The molecule has 4 heteroatoms. The van der Waals surface area contributed by atoms with Gasteiger partial charge >= 0.3 is 0 Å². The van der Waals surface area contributed by atoms with E-state index in [4.69, 9.17) is 11.6 Å². The van der Waals surface area contributed by atoms with Crippen LogP contribution >= 0.6 is 11.6 Å². The van der Waals surface area contributed by atoms with Gasteiger partial charge in [-0.2, -0.15) is 9.97 Å². The van der Waals surface area contributed by atoms with E-state index in [0.29, 0.717) is 11.6 Å².